The van der Waals surface area contributed by atoms with E-state index in [1.54, 1.807) is 11.7 Å². The van der Waals surface area contributed by atoms with E-state index in [9.17, 15) is 4.79 Å². The molecule has 1 amide bonds. The third kappa shape index (κ3) is 3.53. The van der Waals surface area contributed by atoms with Gasteiger partial charge < -0.3 is 10.6 Å². The van der Waals surface area contributed by atoms with Crippen molar-refractivity contribution in [2.45, 2.75) is 13.5 Å². The highest BCUT2D eigenvalue weighted by Crippen LogP contribution is 1.88. The number of likely N-dealkylation sites (N-methyl/N-ethyl adjacent to an activating group) is 1. The zero-order valence-corrected chi connectivity index (χ0v) is 8.45. The molecule has 2 N–H and O–H groups in total. The van der Waals surface area contributed by atoms with Crippen LogP contribution in [0.15, 0.2) is 6.20 Å². The maximum atomic E-state index is 11.0. The van der Waals surface area contributed by atoms with Gasteiger partial charge in [0.15, 0.2) is 0 Å². The Balaban J connectivity index is 2.18. The first-order valence-corrected chi connectivity index (χ1v) is 4.55. The summed E-state index contributed by atoms with van der Waals surface area (Å²) in [6.07, 6.45) is 1.81. The number of hydrogen-bond donors (Lipinski definition) is 2. The van der Waals surface area contributed by atoms with Gasteiger partial charge in [-0.05, 0) is 6.92 Å². The van der Waals surface area contributed by atoms with Crippen LogP contribution in [0.4, 0.5) is 0 Å². The average Bonchev–Trinajstić information content (AvgIpc) is 2.52. The standard InChI is InChI=1S/C8H15N5O/c1-3-10-8(14)5-9-4-7-6-13(2)12-11-7/h6,9H,3-5H2,1-2H3,(H,10,14). The van der Waals surface area contributed by atoms with Gasteiger partial charge in [0.25, 0.3) is 0 Å². The summed E-state index contributed by atoms with van der Waals surface area (Å²) in [5.41, 5.74) is 0.830. The summed E-state index contributed by atoms with van der Waals surface area (Å²) in [5, 5.41) is 13.3. The minimum Gasteiger partial charge on any atom is -0.355 e. The molecule has 0 bridgehead atoms. The zero-order chi connectivity index (χ0) is 10.4. The van der Waals surface area contributed by atoms with E-state index < -0.39 is 0 Å². The summed E-state index contributed by atoms with van der Waals surface area (Å²) in [6, 6.07) is 0. The number of carbonyl (C=O) groups is 1. The fraction of sp³-hybridized carbons (Fsp3) is 0.625. The first kappa shape index (κ1) is 10.6. The van der Waals surface area contributed by atoms with Crippen LogP contribution in [0.1, 0.15) is 12.6 Å². The van der Waals surface area contributed by atoms with Crippen molar-refractivity contribution in [3.8, 4) is 0 Å². The first-order valence-electron chi connectivity index (χ1n) is 4.55. The molecule has 1 aromatic rings. The average molecular weight is 197 g/mol. The molecule has 0 aromatic carbocycles. The van der Waals surface area contributed by atoms with E-state index in [0.717, 1.165) is 5.69 Å². The van der Waals surface area contributed by atoms with Gasteiger partial charge in [-0.15, -0.1) is 5.10 Å². The lowest BCUT2D eigenvalue weighted by Gasteiger charge is -2.02. The fourth-order valence-corrected chi connectivity index (χ4v) is 1.04. The molecule has 78 valence electrons. The number of amides is 1. The normalized spacial score (nSPS) is 10.1. The van der Waals surface area contributed by atoms with Gasteiger partial charge in [0.2, 0.25) is 5.91 Å². The minimum atomic E-state index is -0.00334. The van der Waals surface area contributed by atoms with Crippen molar-refractivity contribution in [2.24, 2.45) is 7.05 Å². The predicted octanol–water partition coefficient (Wildman–Crippen LogP) is -0.959. The molecule has 0 saturated heterocycles. The van der Waals surface area contributed by atoms with Crippen molar-refractivity contribution in [1.29, 1.82) is 0 Å². The van der Waals surface area contributed by atoms with Crippen LogP contribution in [0.2, 0.25) is 0 Å². The smallest absolute Gasteiger partial charge is 0.233 e. The van der Waals surface area contributed by atoms with Crippen LogP contribution in [0.5, 0.6) is 0 Å². The highest BCUT2D eigenvalue weighted by Gasteiger charge is 2.00. The SMILES string of the molecule is CCNC(=O)CNCc1cn(C)nn1. The summed E-state index contributed by atoms with van der Waals surface area (Å²) in [6.45, 7) is 3.42. The molecule has 1 rings (SSSR count). The molecule has 0 unspecified atom stereocenters. The van der Waals surface area contributed by atoms with Crippen LogP contribution in [-0.2, 0) is 18.4 Å². The molecule has 6 nitrogen and oxygen atoms in total. The molecule has 1 heterocycles. The van der Waals surface area contributed by atoms with E-state index in [1.165, 1.54) is 0 Å². The Morgan fingerprint density at radius 2 is 2.43 bits per heavy atom. The monoisotopic (exact) mass is 197 g/mol. The van der Waals surface area contributed by atoms with Crippen LogP contribution in [0, 0.1) is 0 Å². The van der Waals surface area contributed by atoms with E-state index >= 15 is 0 Å². The molecule has 0 aliphatic heterocycles. The first-order chi connectivity index (χ1) is 6.72. The molecule has 0 aliphatic carbocycles. The van der Waals surface area contributed by atoms with Crippen LogP contribution >= 0.6 is 0 Å². The molecule has 0 fully saturated rings. The van der Waals surface area contributed by atoms with Crippen LogP contribution in [0.3, 0.4) is 0 Å². The molecule has 0 spiro atoms. The van der Waals surface area contributed by atoms with E-state index in [1.807, 2.05) is 13.1 Å². The third-order valence-electron chi connectivity index (χ3n) is 1.62. The number of nitrogens with zero attached hydrogens (tertiary/aromatic N) is 3. The quantitative estimate of drug-likeness (QED) is 0.638. The van der Waals surface area contributed by atoms with Crippen molar-refractivity contribution in [3.05, 3.63) is 11.9 Å². The summed E-state index contributed by atoms with van der Waals surface area (Å²) >= 11 is 0. The lowest BCUT2D eigenvalue weighted by atomic mass is 10.4. The molecular formula is C8H15N5O. The Hall–Kier alpha value is -1.43. The molecule has 0 aliphatic rings. The van der Waals surface area contributed by atoms with Crippen molar-refractivity contribution < 1.29 is 4.79 Å². The Bertz CT molecular complexity index is 296. The zero-order valence-electron chi connectivity index (χ0n) is 8.45. The van der Waals surface area contributed by atoms with E-state index in [-0.39, 0.29) is 5.91 Å². The van der Waals surface area contributed by atoms with Gasteiger partial charge in [-0.1, -0.05) is 5.21 Å². The summed E-state index contributed by atoms with van der Waals surface area (Å²) in [5.74, 6) is -0.00334. The van der Waals surface area contributed by atoms with Crippen LogP contribution in [0.25, 0.3) is 0 Å². The summed E-state index contributed by atoms with van der Waals surface area (Å²) in [7, 11) is 1.81. The summed E-state index contributed by atoms with van der Waals surface area (Å²) in [4.78, 5) is 11.0. The molecule has 0 saturated carbocycles. The van der Waals surface area contributed by atoms with Gasteiger partial charge >= 0.3 is 0 Å². The lowest BCUT2D eigenvalue weighted by molar-refractivity contribution is -0.120. The summed E-state index contributed by atoms with van der Waals surface area (Å²) < 4.78 is 1.63. The maximum absolute atomic E-state index is 11.0. The van der Waals surface area contributed by atoms with E-state index in [2.05, 4.69) is 20.9 Å². The van der Waals surface area contributed by atoms with Gasteiger partial charge in [0.05, 0.1) is 12.2 Å². The number of hydrogen-bond acceptors (Lipinski definition) is 4. The molecule has 6 heteroatoms. The number of carbonyl (C=O) groups excluding carboxylic acids is 1. The largest absolute Gasteiger partial charge is 0.355 e. The number of nitrogens with one attached hydrogen (secondary N) is 2. The second-order valence-corrected chi connectivity index (χ2v) is 2.94. The second-order valence-electron chi connectivity index (χ2n) is 2.94. The molecular weight excluding hydrogens is 182 g/mol. The third-order valence-corrected chi connectivity index (χ3v) is 1.62. The lowest BCUT2D eigenvalue weighted by Crippen LogP contribution is -2.33. The Kier molecular flexibility index (Phi) is 4.06. The second kappa shape index (κ2) is 5.33. The number of aromatic nitrogens is 3. The van der Waals surface area contributed by atoms with Crippen molar-refractivity contribution >= 4 is 5.91 Å². The molecule has 0 atom stereocenters. The van der Waals surface area contributed by atoms with Crippen molar-refractivity contribution in [3.63, 3.8) is 0 Å². The van der Waals surface area contributed by atoms with Gasteiger partial charge in [0.1, 0.15) is 0 Å². The predicted molar refractivity (Wildman–Crippen MR) is 51.4 cm³/mol. The highest BCUT2D eigenvalue weighted by atomic mass is 16.1. The minimum absolute atomic E-state index is 0.00334. The van der Waals surface area contributed by atoms with Gasteiger partial charge in [-0.3, -0.25) is 9.48 Å². The van der Waals surface area contributed by atoms with Gasteiger partial charge in [0, 0.05) is 26.3 Å². The van der Waals surface area contributed by atoms with Crippen LogP contribution < -0.4 is 10.6 Å². The van der Waals surface area contributed by atoms with E-state index in [4.69, 9.17) is 0 Å². The van der Waals surface area contributed by atoms with Crippen molar-refractivity contribution in [2.75, 3.05) is 13.1 Å². The van der Waals surface area contributed by atoms with Crippen molar-refractivity contribution in [1.82, 2.24) is 25.6 Å². The Morgan fingerprint density at radius 1 is 1.64 bits per heavy atom. The highest BCUT2D eigenvalue weighted by molar-refractivity contribution is 5.77. The molecule has 1 aromatic heterocycles. The van der Waals surface area contributed by atoms with Gasteiger partial charge in [-0.25, -0.2) is 0 Å². The van der Waals surface area contributed by atoms with Crippen LogP contribution in [-0.4, -0.2) is 34.0 Å². The topological polar surface area (TPSA) is 71.8 Å². The number of rotatable bonds is 5. The number of aryl methyl sites for hydroxylation is 1. The Morgan fingerprint density at radius 3 is 3.00 bits per heavy atom. The van der Waals surface area contributed by atoms with E-state index in [0.29, 0.717) is 19.6 Å². The molecule has 0 radical (unpaired) electrons. The van der Waals surface area contributed by atoms with Gasteiger partial charge in [-0.2, -0.15) is 0 Å². The Labute approximate surface area is 82.7 Å². The molecule has 14 heavy (non-hydrogen) atoms. The fourth-order valence-electron chi connectivity index (χ4n) is 1.04. The maximum Gasteiger partial charge on any atom is 0.233 e.